The number of unbranched alkanes of at least 4 members (excludes halogenated alkanes) is 2. The zero-order chi connectivity index (χ0) is 14.8. The van der Waals surface area contributed by atoms with E-state index in [0.29, 0.717) is 13.0 Å². The Hall–Kier alpha value is -1.55. The van der Waals surface area contributed by atoms with Crippen LogP contribution in [0.25, 0.3) is 0 Å². The second-order valence-corrected chi connectivity index (χ2v) is 4.96. The third kappa shape index (κ3) is 7.14. The molecule has 1 aromatic carbocycles. The second-order valence-electron chi connectivity index (χ2n) is 4.96. The molecule has 0 unspecified atom stereocenters. The number of hydrogen-bond acceptors (Lipinski definition) is 4. The molecule has 0 fully saturated rings. The first kappa shape index (κ1) is 16.5. The highest BCUT2D eigenvalue weighted by atomic mass is 16.5. The molecule has 0 aliphatic carbocycles. The number of rotatable bonds is 9. The van der Waals surface area contributed by atoms with Crippen LogP contribution in [-0.2, 0) is 16.1 Å². The molecule has 0 saturated heterocycles. The van der Waals surface area contributed by atoms with Crippen molar-refractivity contribution in [3.05, 3.63) is 29.8 Å². The molecule has 0 spiro atoms. The number of aliphatic hydroxyl groups excluding tert-OH is 1. The molecule has 0 heterocycles. The van der Waals surface area contributed by atoms with Gasteiger partial charge in [0.15, 0.2) is 0 Å². The van der Waals surface area contributed by atoms with Crippen molar-refractivity contribution in [2.24, 2.45) is 0 Å². The number of methoxy groups -OCH3 is 1. The van der Waals surface area contributed by atoms with Crippen LogP contribution in [-0.4, -0.2) is 24.3 Å². The quantitative estimate of drug-likeness (QED) is 0.558. The third-order valence-electron chi connectivity index (χ3n) is 3.06. The summed E-state index contributed by atoms with van der Waals surface area (Å²) < 4.78 is 10.3. The zero-order valence-electron chi connectivity index (χ0n) is 12.3. The fraction of sp³-hybridized carbons (Fsp3) is 0.562. The molecule has 0 saturated carbocycles. The van der Waals surface area contributed by atoms with E-state index in [4.69, 9.17) is 14.6 Å². The van der Waals surface area contributed by atoms with Crippen molar-refractivity contribution >= 4 is 5.97 Å². The Morgan fingerprint density at radius 3 is 2.50 bits per heavy atom. The summed E-state index contributed by atoms with van der Waals surface area (Å²) in [6.45, 7) is 2.08. The summed E-state index contributed by atoms with van der Waals surface area (Å²) in [6, 6.07) is 7.46. The Morgan fingerprint density at radius 2 is 1.90 bits per heavy atom. The second kappa shape index (κ2) is 9.37. The van der Waals surface area contributed by atoms with Crippen molar-refractivity contribution in [2.45, 2.75) is 51.7 Å². The number of aliphatic hydroxyl groups is 1. The molecular formula is C16H24O4. The molecule has 0 bridgehead atoms. The average Bonchev–Trinajstić information content (AvgIpc) is 2.45. The van der Waals surface area contributed by atoms with E-state index in [2.05, 4.69) is 0 Å². The summed E-state index contributed by atoms with van der Waals surface area (Å²) >= 11 is 0. The number of hydrogen-bond donors (Lipinski definition) is 1. The fourth-order valence-corrected chi connectivity index (χ4v) is 1.84. The van der Waals surface area contributed by atoms with Gasteiger partial charge in [-0.25, -0.2) is 0 Å². The van der Waals surface area contributed by atoms with Gasteiger partial charge in [-0.2, -0.15) is 0 Å². The van der Waals surface area contributed by atoms with Crippen molar-refractivity contribution < 1.29 is 19.4 Å². The minimum atomic E-state index is -0.253. The first-order chi connectivity index (χ1) is 9.61. The van der Waals surface area contributed by atoms with E-state index in [1.54, 1.807) is 14.0 Å². The van der Waals surface area contributed by atoms with Crippen LogP contribution < -0.4 is 4.74 Å². The molecule has 4 heteroatoms. The summed E-state index contributed by atoms with van der Waals surface area (Å²) in [7, 11) is 1.62. The van der Waals surface area contributed by atoms with Crippen LogP contribution in [0.2, 0.25) is 0 Å². The highest BCUT2D eigenvalue weighted by molar-refractivity contribution is 5.69. The maximum atomic E-state index is 11.5. The van der Waals surface area contributed by atoms with Crippen LogP contribution in [0, 0.1) is 0 Å². The van der Waals surface area contributed by atoms with Crippen LogP contribution in [0.3, 0.4) is 0 Å². The smallest absolute Gasteiger partial charge is 0.306 e. The molecule has 0 aliphatic rings. The molecule has 1 atom stereocenters. The molecule has 0 aliphatic heterocycles. The van der Waals surface area contributed by atoms with Gasteiger partial charge in [-0.15, -0.1) is 0 Å². The van der Waals surface area contributed by atoms with Gasteiger partial charge in [-0.05, 0) is 37.5 Å². The predicted octanol–water partition coefficient (Wildman–Crippen LogP) is 3.07. The maximum absolute atomic E-state index is 11.5. The Balaban J connectivity index is 2.13. The Kier molecular flexibility index (Phi) is 7.73. The summed E-state index contributed by atoms with van der Waals surface area (Å²) in [6.07, 6.45) is 3.69. The average molecular weight is 280 g/mol. The Labute approximate surface area is 120 Å². The monoisotopic (exact) mass is 280 g/mol. The molecule has 0 radical (unpaired) electrons. The largest absolute Gasteiger partial charge is 0.497 e. The highest BCUT2D eigenvalue weighted by Crippen LogP contribution is 2.12. The Bertz CT molecular complexity index is 384. The van der Waals surface area contributed by atoms with Gasteiger partial charge < -0.3 is 14.6 Å². The molecular weight excluding hydrogens is 256 g/mol. The molecule has 20 heavy (non-hydrogen) atoms. The number of carbonyl (C=O) groups excluding carboxylic acids is 1. The first-order valence-corrected chi connectivity index (χ1v) is 7.08. The molecule has 1 aromatic rings. The minimum absolute atomic E-state index is 0.169. The molecule has 1 rings (SSSR count). The lowest BCUT2D eigenvalue weighted by molar-refractivity contribution is -0.145. The topological polar surface area (TPSA) is 55.8 Å². The first-order valence-electron chi connectivity index (χ1n) is 7.08. The normalized spacial score (nSPS) is 11.9. The number of ether oxygens (including phenoxy) is 2. The zero-order valence-corrected chi connectivity index (χ0v) is 12.3. The van der Waals surface area contributed by atoms with Crippen LogP contribution in [0.4, 0.5) is 0 Å². The van der Waals surface area contributed by atoms with E-state index in [-0.39, 0.29) is 12.1 Å². The van der Waals surface area contributed by atoms with Crippen molar-refractivity contribution in [3.8, 4) is 5.75 Å². The van der Waals surface area contributed by atoms with Crippen molar-refractivity contribution in [1.82, 2.24) is 0 Å². The predicted molar refractivity (Wildman–Crippen MR) is 77.6 cm³/mol. The van der Waals surface area contributed by atoms with Crippen LogP contribution in [0.15, 0.2) is 24.3 Å². The minimum Gasteiger partial charge on any atom is -0.497 e. The van der Waals surface area contributed by atoms with Gasteiger partial charge in [0.2, 0.25) is 0 Å². The summed E-state index contributed by atoms with van der Waals surface area (Å²) in [4.78, 5) is 11.5. The summed E-state index contributed by atoms with van der Waals surface area (Å²) in [5.41, 5.74) is 0.952. The summed E-state index contributed by atoms with van der Waals surface area (Å²) in [5.74, 6) is 0.621. The lowest BCUT2D eigenvalue weighted by Gasteiger charge is -2.06. The van der Waals surface area contributed by atoms with E-state index in [9.17, 15) is 4.79 Å². The fourth-order valence-electron chi connectivity index (χ4n) is 1.84. The lowest BCUT2D eigenvalue weighted by atomic mass is 10.1. The molecule has 0 aromatic heterocycles. The number of carbonyl (C=O) groups is 1. The van der Waals surface area contributed by atoms with Gasteiger partial charge in [0.1, 0.15) is 12.4 Å². The van der Waals surface area contributed by atoms with E-state index in [1.165, 1.54) is 0 Å². The van der Waals surface area contributed by atoms with E-state index >= 15 is 0 Å². The van der Waals surface area contributed by atoms with Crippen LogP contribution in [0.5, 0.6) is 5.75 Å². The van der Waals surface area contributed by atoms with Crippen molar-refractivity contribution in [2.75, 3.05) is 7.11 Å². The molecule has 0 amide bonds. The van der Waals surface area contributed by atoms with Crippen molar-refractivity contribution in [3.63, 3.8) is 0 Å². The molecule has 112 valence electrons. The third-order valence-corrected chi connectivity index (χ3v) is 3.06. The van der Waals surface area contributed by atoms with E-state index in [1.807, 2.05) is 24.3 Å². The standard InChI is InChI=1S/C16H24O4/c1-13(17)6-4-3-5-7-16(18)20-12-14-8-10-15(19-2)11-9-14/h8-11,13,17H,3-7,12H2,1-2H3/t13-/m1/s1. The lowest BCUT2D eigenvalue weighted by Crippen LogP contribution is -2.04. The van der Waals surface area contributed by atoms with Crippen LogP contribution in [0.1, 0.15) is 44.6 Å². The van der Waals surface area contributed by atoms with Gasteiger partial charge >= 0.3 is 5.97 Å². The SMILES string of the molecule is COc1ccc(COC(=O)CCCCC[C@@H](C)O)cc1. The van der Waals surface area contributed by atoms with Gasteiger partial charge in [-0.3, -0.25) is 4.79 Å². The van der Waals surface area contributed by atoms with Gasteiger partial charge in [0.25, 0.3) is 0 Å². The highest BCUT2D eigenvalue weighted by Gasteiger charge is 2.04. The van der Waals surface area contributed by atoms with E-state index in [0.717, 1.165) is 37.0 Å². The maximum Gasteiger partial charge on any atom is 0.306 e. The van der Waals surface area contributed by atoms with Gasteiger partial charge in [-0.1, -0.05) is 25.0 Å². The number of esters is 1. The van der Waals surface area contributed by atoms with Gasteiger partial charge in [0, 0.05) is 6.42 Å². The number of benzene rings is 1. The summed E-state index contributed by atoms with van der Waals surface area (Å²) in [5, 5.41) is 9.11. The van der Waals surface area contributed by atoms with Crippen molar-refractivity contribution in [1.29, 1.82) is 0 Å². The van der Waals surface area contributed by atoms with Gasteiger partial charge in [0.05, 0.1) is 13.2 Å². The van der Waals surface area contributed by atoms with E-state index < -0.39 is 0 Å². The molecule has 1 N–H and O–H groups in total. The van der Waals surface area contributed by atoms with Crippen LogP contribution >= 0.6 is 0 Å². The molecule has 4 nitrogen and oxygen atoms in total. The Morgan fingerprint density at radius 1 is 1.20 bits per heavy atom.